The Kier molecular flexibility index (Phi) is 2.30. The fourth-order valence-corrected chi connectivity index (χ4v) is 0.882. The molecule has 1 atom stereocenters. The fraction of sp³-hybridized carbons (Fsp3) is 1.00. The highest BCUT2D eigenvalue weighted by atomic mass is 16.5. The third kappa shape index (κ3) is 1.46. The molecule has 0 bridgehead atoms. The summed E-state index contributed by atoms with van der Waals surface area (Å²) in [5.74, 6) is 0. The summed E-state index contributed by atoms with van der Waals surface area (Å²) in [5, 5.41) is 3.25. The van der Waals surface area contributed by atoms with Crippen molar-refractivity contribution in [2.24, 2.45) is 0 Å². The van der Waals surface area contributed by atoms with Gasteiger partial charge in [0.2, 0.25) is 0 Å². The van der Waals surface area contributed by atoms with Gasteiger partial charge in [0.1, 0.15) is 6.23 Å². The van der Waals surface area contributed by atoms with E-state index in [1.165, 1.54) is 0 Å². The minimum atomic E-state index is 0.337. The third-order valence-corrected chi connectivity index (χ3v) is 1.38. The Bertz CT molecular complexity index is 59.5. The molecule has 1 aliphatic heterocycles. The van der Waals surface area contributed by atoms with Gasteiger partial charge in [-0.25, -0.2) is 0 Å². The lowest BCUT2D eigenvalue weighted by Gasteiger charge is -2.22. The second-order valence-corrected chi connectivity index (χ2v) is 2.08. The van der Waals surface area contributed by atoms with Crippen molar-refractivity contribution in [3.63, 3.8) is 0 Å². The molecule has 0 aliphatic carbocycles. The maximum Gasteiger partial charge on any atom is 0.107 e. The van der Waals surface area contributed by atoms with Crippen molar-refractivity contribution >= 4 is 0 Å². The van der Waals surface area contributed by atoms with Crippen LogP contribution in [0.2, 0.25) is 0 Å². The molecule has 8 heavy (non-hydrogen) atoms. The molecule has 1 N–H and O–H groups in total. The van der Waals surface area contributed by atoms with Crippen LogP contribution in [0.25, 0.3) is 0 Å². The maximum absolute atomic E-state index is 5.32. The second kappa shape index (κ2) is 3.05. The number of rotatable bonds is 1. The molecule has 48 valence electrons. The first-order valence-electron chi connectivity index (χ1n) is 3.28. The SMILES string of the molecule is CCC1NCCCO1. The first-order chi connectivity index (χ1) is 3.93. The van der Waals surface area contributed by atoms with Gasteiger partial charge in [0.15, 0.2) is 0 Å². The largest absolute Gasteiger partial charge is 0.363 e. The summed E-state index contributed by atoms with van der Waals surface area (Å²) in [6.07, 6.45) is 2.58. The average Bonchev–Trinajstić information content (AvgIpc) is 1.90. The second-order valence-electron chi connectivity index (χ2n) is 2.08. The molecule has 0 aromatic carbocycles. The molecule has 0 aromatic rings. The zero-order valence-electron chi connectivity index (χ0n) is 5.31. The fourth-order valence-electron chi connectivity index (χ4n) is 0.882. The van der Waals surface area contributed by atoms with Crippen LogP contribution >= 0.6 is 0 Å². The van der Waals surface area contributed by atoms with E-state index in [0.29, 0.717) is 6.23 Å². The zero-order chi connectivity index (χ0) is 5.82. The van der Waals surface area contributed by atoms with E-state index in [2.05, 4.69) is 12.2 Å². The summed E-state index contributed by atoms with van der Waals surface area (Å²) in [5.41, 5.74) is 0. The van der Waals surface area contributed by atoms with E-state index < -0.39 is 0 Å². The van der Waals surface area contributed by atoms with E-state index in [4.69, 9.17) is 4.74 Å². The number of ether oxygens (including phenoxy) is 1. The molecule has 2 heteroatoms. The van der Waals surface area contributed by atoms with Gasteiger partial charge >= 0.3 is 0 Å². The van der Waals surface area contributed by atoms with Gasteiger partial charge in [0.25, 0.3) is 0 Å². The van der Waals surface area contributed by atoms with Gasteiger partial charge in [-0.3, -0.25) is 5.32 Å². The van der Waals surface area contributed by atoms with E-state index in [9.17, 15) is 0 Å². The molecule has 2 nitrogen and oxygen atoms in total. The molecule has 0 spiro atoms. The predicted molar refractivity (Wildman–Crippen MR) is 32.7 cm³/mol. The first kappa shape index (κ1) is 6.05. The van der Waals surface area contributed by atoms with Crippen LogP contribution in [0.3, 0.4) is 0 Å². The minimum absolute atomic E-state index is 0.337. The van der Waals surface area contributed by atoms with Crippen LogP contribution in [-0.2, 0) is 4.74 Å². The molecule has 1 unspecified atom stereocenters. The molecule has 0 saturated carbocycles. The van der Waals surface area contributed by atoms with Crippen molar-refractivity contribution < 1.29 is 4.74 Å². The minimum Gasteiger partial charge on any atom is -0.363 e. The third-order valence-electron chi connectivity index (χ3n) is 1.38. The van der Waals surface area contributed by atoms with E-state index in [0.717, 1.165) is 26.0 Å². The van der Waals surface area contributed by atoms with E-state index in [1.807, 2.05) is 0 Å². The normalized spacial score (nSPS) is 30.4. The number of hydrogen-bond donors (Lipinski definition) is 1. The van der Waals surface area contributed by atoms with Gasteiger partial charge in [-0.05, 0) is 19.4 Å². The highest BCUT2D eigenvalue weighted by Crippen LogP contribution is 1.99. The van der Waals surface area contributed by atoms with Crippen LogP contribution in [0.1, 0.15) is 19.8 Å². The Hall–Kier alpha value is -0.0800. The van der Waals surface area contributed by atoms with Crippen LogP contribution in [-0.4, -0.2) is 19.4 Å². The maximum atomic E-state index is 5.32. The van der Waals surface area contributed by atoms with Gasteiger partial charge in [-0.2, -0.15) is 0 Å². The van der Waals surface area contributed by atoms with Crippen LogP contribution in [0.4, 0.5) is 0 Å². The summed E-state index contributed by atoms with van der Waals surface area (Å²) in [7, 11) is 0. The summed E-state index contributed by atoms with van der Waals surface area (Å²) >= 11 is 0. The van der Waals surface area contributed by atoms with Gasteiger partial charge in [-0.15, -0.1) is 0 Å². The van der Waals surface area contributed by atoms with Crippen molar-refractivity contribution in [3.05, 3.63) is 0 Å². The average molecular weight is 115 g/mol. The van der Waals surface area contributed by atoms with Crippen molar-refractivity contribution in [1.29, 1.82) is 0 Å². The molecule has 0 aromatic heterocycles. The Labute approximate surface area is 50.2 Å². The molecule has 1 heterocycles. The van der Waals surface area contributed by atoms with Gasteiger partial charge < -0.3 is 4.74 Å². The highest BCUT2D eigenvalue weighted by Gasteiger charge is 2.08. The lowest BCUT2D eigenvalue weighted by atomic mass is 10.3. The zero-order valence-corrected chi connectivity index (χ0v) is 5.31. The molecule has 1 fully saturated rings. The summed E-state index contributed by atoms with van der Waals surface area (Å²) < 4.78 is 5.32. The monoisotopic (exact) mass is 115 g/mol. The molecule has 0 amide bonds. The molecule has 1 rings (SSSR count). The van der Waals surface area contributed by atoms with Gasteiger partial charge in [0.05, 0.1) is 0 Å². The standard InChI is InChI=1S/C6H13NO/c1-2-6-7-4-3-5-8-6/h6-7H,2-5H2,1H3. The Balaban J connectivity index is 2.13. The van der Waals surface area contributed by atoms with Gasteiger partial charge in [0, 0.05) is 6.61 Å². The van der Waals surface area contributed by atoms with Crippen LogP contribution in [0.15, 0.2) is 0 Å². The molecule has 0 radical (unpaired) electrons. The Morgan fingerprint density at radius 2 is 2.62 bits per heavy atom. The summed E-state index contributed by atoms with van der Waals surface area (Å²) in [6.45, 7) is 4.19. The van der Waals surface area contributed by atoms with Crippen molar-refractivity contribution in [3.8, 4) is 0 Å². The van der Waals surface area contributed by atoms with Crippen LogP contribution in [0, 0.1) is 0 Å². The smallest absolute Gasteiger partial charge is 0.107 e. The van der Waals surface area contributed by atoms with E-state index in [-0.39, 0.29) is 0 Å². The lowest BCUT2D eigenvalue weighted by Crippen LogP contribution is -2.37. The molecule has 1 aliphatic rings. The molecular formula is C6H13NO. The van der Waals surface area contributed by atoms with Crippen molar-refractivity contribution in [1.82, 2.24) is 5.32 Å². The Morgan fingerprint density at radius 3 is 3.00 bits per heavy atom. The van der Waals surface area contributed by atoms with Crippen LogP contribution in [0.5, 0.6) is 0 Å². The number of nitrogens with one attached hydrogen (secondary N) is 1. The summed E-state index contributed by atoms with van der Waals surface area (Å²) in [4.78, 5) is 0. The quantitative estimate of drug-likeness (QED) is 0.544. The number of hydrogen-bond acceptors (Lipinski definition) is 2. The lowest BCUT2D eigenvalue weighted by molar-refractivity contribution is -0.000606. The first-order valence-corrected chi connectivity index (χ1v) is 3.28. The topological polar surface area (TPSA) is 21.3 Å². The van der Waals surface area contributed by atoms with Crippen molar-refractivity contribution in [2.75, 3.05) is 13.2 Å². The molecular weight excluding hydrogens is 102 g/mol. The van der Waals surface area contributed by atoms with Crippen LogP contribution < -0.4 is 5.32 Å². The molecule has 1 saturated heterocycles. The van der Waals surface area contributed by atoms with Gasteiger partial charge in [-0.1, -0.05) is 6.92 Å². The highest BCUT2D eigenvalue weighted by molar-refractivity contribution is 4.58. The van der Waals surface area contributed by atoms with E-state index >= 15 is 0 Å². The Morgan fingerprint density at radius 1 is 1.75 bits per heavy atom. The predicted octanol–water partition coefficient (Wildman–Crippen LogP) is 0.732. The van der Waals surface area contributed by atoms with Crippen molar-refractivity contribution in [2.45, 2.75) is 26.0 Å². The van der Waals surface area contributed by atoms with E-state index in [1.54, 1.807) is 0 Å². The summed E-state index contributed by atoms with van der Waals surface area (Å²) in [6, 6.07) is 0.